The van der Waals surface area contributed by atoms with Crippen LogP contribution >= 0.6 is 0 Å². The van der Waals surface area contributed by atoms with Gasteiger partial charge in [0.2, 0.25) is 0 Å². The van der Waals surface area contributed by atoms with Gasteiger partial charge in [-0.25, -0.2) is 9.07 Å². The van der Waals surface area contributed by atoms with Crippen LogP contribution in [0.15, 0.2) is 11.9 Å². The fourth-order valence-electron chi connectivity index (χ4n) is 3.73. The van der Waals surface area contributed by atoms with Gasteiger partial charge in [-0.1, -0.05) is 5.21 Å². The molecule has 0 aromatic carbocycles. The van der Waals surface area contributed by atoms with E-state index in [1.807, 2.05) is 38.6 Å². The summed E-state index contributed by atoms with van der Waals surface area (Å²) in [7, 11) is -0.995. The van der Waals surface area contributed by atoms with E-state index in [1.165, 1.54) is 25.5 Å². The van der Waals surface area contributed by atoms with Crippen molar-refractivity contribution >= 4 is 13.2 Å². The van der Waals surface area contributed by atoms with Gasteiger partial charge in [0.15, 0.2) is 0 Å². The quantitative estimate of drug-likeness (QED) is 0.739. The lowest BCUT2D eigenvalue weighted by Crippen LogP contribution is -2.41. The van der Waals surface area contributed by atoms with Gasteiger partial charge in [-0.15, -0.1) is 5.10 Å². The standard InChI is InChI=1S/C19H30BFN4O2/c1-18(2)19(3,4)27-20(26-18)17(21)11-15-13-25(23-22-15)16-7-9-24(10-8-16)12-14-5-6-14/h11,13-14,16H,5-10,12H2,1-4H3. The zero-order valence-electron chi connectivity index (χ0n) is 16.8. The second-order valence-electron chi connectivity index (χ2n) is 9.22. The second-order valence-corrected chi connectivity index (χ2v) is 9.22. The van der Waals surface area contributed by atoms with Crippen molar-refractivity contribution in [1.29, 1.82) is 0 Å². The number of aromatic nitrogens is 3. The molecule has 148 valence electrons. The molecule has 0 N–H and O–H groups in total. The first-order valence-electron chi connectivity index (χ1n) is 10.1. The van der Waals surface area contributed by atoms with Gasteiger partial charge in [-0.3, -0.25) is 0 Å². The molecule has 0 spiro atoms. The number of hydrogen-bond acceptors (Lipinski definition) is 5. The van der Waals surface area contributed by atoms with Crippen LogP contribution in [0.4, 0.5) is 4.39 Å². The molecule has 1 aromatic heterocycles. The highest BCUT2D eigenvalue weighted by Gasteiger charge is 2.53. The number of rotatable bonds is 5. The average molecular weight is 376 g/mol. The van der Waals surface area contributed by atoms with Gasteiger partial charge in [-0.05, 0) is 65.4 Å². The molecule has 2 saturated heterocycles. The molecule has 3 fully saturated rings. The summed E-state index contributed by atoms with van der Waals surface area (Å²) < 4.78 is 28.0. The summed E-state index contributed by atoms with van der Waals surface area (Å²) in [5.41, 5.74) is -1.09. The van der Waals surface area contributed by atoms with Crippen molar-refractivity contribution in [2.45, 2.75) is 70.6 Å². The van der Waals surface area contributed by atoms with Crippen LogP contribution in [0.3, 0.4) is 0 Å². The predicted molar refractivity (Wildman–Crippen MR) is 103 cm³/mol. The van der Waals surface area contributed by atoms with Gasteiger partial charge in [0.05, 0.1) is 23.4 Å². The molecule has 1 aromatic rings. The monoisotopic (exact) mass is 376 g/mol. The summed E-state index contributed by atoms with van der Waals surface area (Å²) in [5.74, 6) is 0.933. The van der Waals surface area contributed by atoms with Gasteiger partial charge in [0, 0.05) is 19.6 Å². The van der Waals surface area contributed by atoms with E-state index in [0.717, 1.165) is 31.8 Å². The zero-order chi connectivity index (χ0) is 19.2. The Hall–Kier alpha value is -1.25. The van der Waals surface area contributed by atoms with Gasteiger partial charge in [-0.2, -0.15) is 0 Å². The van der Waals surface area contributed by atoms with Crippen molar-refractivity contribution in [3.8, 4) is 0 Å². The van der Waals surface area contributed by atoms with E-state index < -0.39 is 24.0 Å². The topological polar surface area (TPSA) is 52.4 Å². The molecule has 3 aliphatic rings. The third kappa shape index (κ3) is 4.12. The number of nitrogens with zero attached hydrogens (tertiary/aromatic N) is 4. The second kappa shape index (κ2) is 6.97. The molecule has 3 heterocycles. The van der Waals surface area contributed by atoms with Crippen LogP contribution < -0.4 is 0 Å². The summed E-state index contributed by atoms with van der Waals surface area (Å²) in [5, 5.41) is 8.36. The first kappa shape index (κ1) is 19.1. The third-order valence-corrected chi connectivity index (χ3v) is 6.44. The van der Waals surface area contributed by atoms with Gasteiger partial charge in [0.25, 0.3) is 0 Å². The van der Waals surface area contributed by atoms with Crippen molar-refractivity contribution in [2.24, 2.45) is 5.92 Å². The lowest BCUT2D eigenvalue weighted by atomic mass is 9.87. The summed E-state index contributed by atoms with van der Waals surface area (Å²) in [6.45, 7) is 11.1. The minimum absolute atomic E-state index is 0.343. The summed E-state index contributed by atoms with van der Waals surface area (Å²) >= 11 is 0. The number of likely N-dealkylation sites (tertiary alicyclic amines) is 1. The summed E-state index contributed by atoms with van der Waals surface area (Å²) in [6.07, 6.45) is 8.12. The van der Waals surface area contributed by atoms with E-state index >= 15 is 0 Å². The maximum atomic E-state index is 14.6. The van der Waals surface area contributed by atoms with Crippen molar-refractivity contribution in [3.05, 3.63) is 17.6 Å². The third-order valence-electron chi connectivity index (χ3n) is 6.44. The normalized spacial score (nSPS) is 26.7. The van der Waals surface area contributed by atoms with Crippen LogP contribution in [-0.4, -0.2) is 57.8 Å². The summed E-state index contributed by atoms with van der Waals surface area (Å²) in [6, 6.07) is 0.343. The Morgan fingerprint density at radius 1 is 1.19 bits per heavy atom. The minimum atomic E-state index is -0.995. The Balaban J connectivity index is 1.36. The van der Waals surface area contributed by atoms with E-state index in [2.05, 4.69) is 15.2 Å². The lowest BCUT2D eigenvalue weighted by molar-refractivity contribution is 0.00578. The van der Waals surface area contributed by atoms with Gasteiger partial charge in [0.1, 0.15) is 11.4 Å². The summed E-state index contributed by atoms with van der Waals surface area (Å²) in [4.78, 5) is 2.56. The average Bonchev–Trinajstić information content (AvgIpc) is 3.23. The molecule has 8 heteroatoms. The molecule has 0 unspecified atom stereocenters. The van der Waals surface area contributed by atoms with Crippen LogP contribution in [0.5, 0.6) is 0 Å². The fraction of sp³-hybridized carbons (Fsp3) is 0.789. The fourth-order valence-corrected chi connectivity index (χ4v) is 3.73. The molecule has 0 bridgehead atoms. The first-order chi connectivity index (χ1) is 12.7. The van der Waals surface area contributed by atoms with Crippen LogP contribution in [-0.2, 0) is 9.31 Å². The Morgan fingerprint density at radius 3 is 2.41 bits per heavy atom. The Labute approximate surface area is 161 Å². The van der Waals surface area contributed by atoms with Crippen molar-refractivity contribution in [3.63, 3.8) is 0 Å². The molecule has 1 saturated carbocycles. The highest BCUT2D eigenvalue weighted by molar-refractivity contribution is 6.54. The van der Waals surface area contributed by atoms with Crippen LogP contribution in [0, 0.1) is 5.92 Å². The molecule has 1 aliphatic carbocycles. The lowest BCUT2D eigenvalue weighted by Gasteiger charge is -2.32. The van der Waals surface area contributed by atoms with Crippen LogP contribution in [0.2, 0.25) is 0 Å². The molecular weight excluding hydrogens is 346 g/mol. The Morgan fingerprint density at radius 2 is 1.81 bits per heavy atom. The van der Waals surface area contributed by atoms with Crippen molar-refractivity contribution in [1.82, 2.24) is 19.9 Å². The molecule has 27 heavy (non-hydrogen) atoms. The van der Waals surface area contributed by atoms with Gasteiger partial charge >= 0.3 is 7.12 Å². The maximum Gasteiger partial charge on any atom is 0.525 e. The number of hydrogen-bond donors (Lipinski definition) is 0. The molecule has 2 aliphatic heterocycles. The predicted octanol–water partition coefficient (Wildman–Crippen LogP) is 3.27. The minimum Gasteiger partial charge on any atom is -0.398 e. The SMILES string of the molecule is CC1(C)OB(C(F)=Cc2cn(C3CCN(CC4CC4)CC3)nn2)OC1(C)C. The maximum absolute atomic E-state index is 14.6. The zero-order valence-corrected chi connectivity index (χ0v) is 16.8. The smallest absolute Gasteiger partial charge is 0.398 e. The molecule has 0 radical (unpaired) electrons. The van der Waals surface area contributed by atoms with E-state index in [4.69, 9.17) is 9.31 Å². The Kier molecular flexibility index (Phi) is 4.93. The van der Waals surface area contributed by atoms with E-state index in [1.54, 1.807) is 0 Å². The van der Waals surface area contributed by atoms with Crippen molar-refractivity contribution in [2.75, 3.05) is 19.6 Å². The molecule has 4 rings (SSSR count). The van der Waals surface area contributed by atoms with E-state index in [9.17, 15) is 4.39 Å². The molecule has 0 atom stereocenters. The molecular formula is C19H30BFN4O2. The highest BCUT2D eigenvalue weighted by Crippen LogP contribution is 2.39. The van der Waals surface area contributed by atoms with E-state index in [0.29, 0.717) is 11.7 Å². The van der Waals surface area contributed by atoms with E-state index in [-0.39, 0.29) is 0 Å². The van der Waals surface area contributed by atoms with Crippen LogP contribution in [0.25, 0.3) is 6.08 Å². The van der Waals surface area contributed by atoms with Crippen LogP contribution in [0.1, 0.15) is 65.1 Å². The first-order valence-corrected chi connectivity index (χ1v) is 10.1. The number of piperidine rings is 1. The van der Waals surface area contributed by atoms with Gasteiger partial charge < -0.3 is 14.2 Å². The number of halogens is 1. The molecule has 6 nitrogen and oxygen atoms in total. The largest absolute Gasteiger partial charge is 0.525 e. The highest BCUT2D eigenvalue weighted by atomic mass is 19.1. The molecule has 0 amide bonds. The van der Waals surface area contributed by atoms with Crippen molar-refractivity contribution < 1.29 is 13.7 Å². The Bertz CT molecular complexity index is 692.